The van der Waals surface area contributed by atoms with Crippen LogP contribution in [-0.4, -0.2) is 43.2 Å². The molecule has 0 aliphatic rings. The van der Waals surface area contributed by atoms with Crippen LogP contribution in [0.25, 0.3) is 0 Å². The highest BCUT2D eigenvalue weighted by atomic mass is 32.2. The first kappa shape index (κ1) is 24.2. The predicted octanol–water partition coefficient (Wildman–Crippen LogP) is 1.60. The monoisotopic (exact) mass is 470 g/mol. The van der Waals surface area contributed by atoms with Gasteiger partial charge in [0.05, 0.1) is 4.92 Å². The molecule has 2 rings (SSSR count). The van der Waals surface area contributed by atoms with Crippen LogP contribution in [0.1, 0.15) is 16.8 Å². The van der Waals surface area contributed by atoms with Gasteiger partial charge in [0.25, 0.3) is 17.5 Å². The molecular weight excluding hydrogens is 451 g/mol. The van der Waals surface area contributed by atoms with Crippen LogP contribution in [0.5, 0.6) is 0 Å². The average molecular weight is 471 g/mol. The topological polar surface area (TPSA) is 148 Å². The molecule has 0 heterocycles. The van der Waals surface area contributed by atoms with Crippen molar-refractivity contribution in [2.45, 2.75) is 17.4 Å². The van der Waals surface area contributed by atoms with Crippen molar-refractivity contribution < 1.29 is 27.3 Å². The first-order valence-corrected chi connectivity index (χ1v) is 11.6. The van der Waals surface area contributed by atoms with Gasteiger partial charge in [-0.2, -0.15) is 16.5 Å². The molecule has 0 aromatic heterocycles. The second-order valence-electron chi connectivity index (χ2n) is 6.14. The normalized spacial score (nSPS) is 12.1. The van der Waals surface area contributed by atoms with Crippen molar-refractivity contribution in [3.63, 3.8) is 0 Å². The number of sulfonamides is 1. The number of carbonyl (C=O) groups excluding carboxylic acids is 2. The van der Waals surface area contributed by atoms with Crippen LogP contribution in [0, 0.1) is 15.9 Å². The Morgan fingerprint density at radius 1 is 1.16 bits per heavy atom. The number of nitro benzene ring substituents is 1. The first-order valence-electron chi connectivity index (χ1n) is 8.76. The number of halogens is 1. The molecule has 2 aromatic rings. The summed E-state index contributed by atoms with van der Waals surface area (Å²) < 4.78 is 41.0. The van der Waals surface area contributed by atoms with E-state index in [1.54, 1.807) is 6.26 Å². The van der Waals surface area contributed by atoms with Crippen molar-refractivity contribution in [1.29, 1.82) is 0 Å². The molecule has 1 atom stereocenters. The molecule has 166 valence electrons. The lowest BCUT2D eigenvalue weighted by Gasteiger charge is -2.18. The molecule has 2 aromatic carbocycles. The van der Waals surface area contributed by atoms with E-state index in [-0.39, 0.29) is 17.7 Å². The zero-order valence-corrected chi connectivity index (χ0v) is 17.8. The Balaban J connectivity index is 2.11. The van der Waals surface area contributed by atoms with Gasteiger partial charge in [-0.1, -0.05) is 18.2 Å². The number of thioether (sulfide) groups is 1. The highest BCUT2D eigenvalue weighted by Gasteiger charge is 2.27. The molecule has 0 fully saturated rings. The quantitative estimate of drug-likeness (QED) is 0.372. The predicted molar refractivity (Wildman–Crippen MR) is 112 cm³/mol. The Kier molecular flexibility index (Phi) is 8.47. The minimum atomic E-state index is -4.35. The van der Waals surface area contributed by atoms with Crippen LogP contribution in [0.2, 0.25) is 0 Å². The van der Waals surface area contributed by atoms with E-state index >= 15 is 0 Å². The fourth-order valence-electron chi connectivity index (χ4n) is 2.43. The van der Waals surface area contributed by atoms with Crippen molar-refractivity contribution in [3.05, 3.63) is 70.0 Å². The molecule has 0 radical (unpaired) electrons. The van der Waals surface area contributed by atoms with Gasteiger partial charge in [-0.3, -0.25) is 30.6 Å². The van der Waals surface area contributed by atoms with Crippen LogP contribution in [0.15, 0.2) is 53.4 Å². The van der Waals surface area contributed by atoms with E-state index in [9.17, 15) is 32.5 Å². The molecular formula is C18H19FN4O6S2. The van der Waals surface area contributed by atoms with E-state index < -0.39 is 43.5 Å². The Hall–Kier alpha value is -3.03. The molecule has 10 nitrogen and oxygen atoms in total. The van der Waals surface area contributed by atoms with Crippen molar-refractivity contribution in [1.82, 2.24) is 15.6 Å². The molecule has 0 aliphatic heterocycles. The summed E-state index contributed by atoms with van der Waals surface area (Å²) in [6, 6.07) is 8.24. The molecule has 0 saturated heterocycles. The summed E-state index contributed by atoms with van der Waals surface area (Å²) >= 11 is 1.36. The molecule has 0 aliphatic carbocycles. The maximum atomic E-state index is 13.9. The summed E-state index contributed by atoms with van der Waals surface area (Å²) in [6.45, 7) is 0. The summed E-state index contributed by atoms with van der Waals surface area (Å²) in [4.78, 5) is 34.2. The number of non-ortho nitro benzene ring substituents is 1. The number of carbonyl (C=O) groups is 2. The number of rotatable bonds is 9. The van der Waals surface area contributed by atoms with Gasteiger partial charge in [0, 0.05) is 17.7 Å². The largest absolute Gasteiger partial charge is 0.271 e. The fourth-order valence-corrected chi connectivity index (χ4v) is 4.21. The van der Waals surface area contributed by atoms with Gasteiger partial charge in [-0.25, -0.2) is 12.8 Å². The van der Waals surface area contributed by atoms with Crippen molar-refractivity contribution in [2.75, 3.05) is 12.0 Å². The zero-order chi connectivity index (χ0) is 23.0. The van der Waals surface area contributed by atoms with Crippen LogP contribution in [-0.2, 0) is 14.8 Å². The number of amides is 2. The van der Waals surface area contributed by atoms with Gasteiger partial charge >= 0.3 is 0 Å². The van der Waals surface area contributed by atoms with Gasteiger partial charge < -0.3 is 0 Å². The summed E-state index contributed by atoms with van der Waals surface area (Å²) in [7, 11) is -4.35. The average Bonchev–Trinajstić information content (AvgIpc) is 2.74. The lowest BCUT2D eigenvalue weighted by Crippen LogP contribution is -2.52. The second-order valence-corrected chi connectivity index (χ2v) is 8.80. The van der Waals surface area contributed by atoms with Crippen LogP contribution < -0.4 is 15.6 Å². The number of hydrogen-bond donors (Lipinski definition) is 3. The SMILES string of the molecule is CSCCC(NS(=O)(=O)c1ccccc1F)C(=O)NNC(=O)c1cccc([N+](=O)[O-])c1. The molecule has 1 unspecified atom stereocenters. The lowest BCUT2D eigenvalue weighted by atomic mass is 10.2. The Morgan fingerprint density at radius 2 is 1.87 bits per heavy atom. The first-order chi connectivity index (χ1) is 14.7. The number of hydrogen-bond acceptors (Lipinski definition) is 7. The minimum Gasteiger partial charge on any atom is -0.271 e. The van der Waals surface area contributed by atoms with Gasteiger partial charge in [0.15, 0.2) is 0 Å². The van der Waals surface area contributed by atoms with E-state index in [2.05, 4.69) is 15.6 Å². The molecule has 2 amide bonds. The third kappa shape index (κ3) is 6.73. The number of nitrogens with zero attached hydrogens (tertiary/aromatic N) is 1. The maximum absolute atomic E-state index is 13.9. The number of benzene rings is 2. The van der Waals surface area contributed by atoms with Gasteiger partial charge in [0.2, 0.25) is 10.0 Å². The second kappa shape index (κ2) is 10.8. The molecule has 0 saturated carbocycles. The number of nitro groups is 1. The fraction of sp³-hybridized carbons (Fsp3) is 0.222. The Bertz CT molecular complexity index is 1080. The van der Waals surface area contributed by atoms with E-state index in [0.717, 1.165) is 18.2 Å². The third-order valence-corrected chi connectivity index (χ3v) is 6.12. The van der Waals surface area contributed by atoms with Crippen molar-refractivity contribution in [3.8, 4) is 0 Å². The molecule has 31 heavy (non-hydrogen) atoms. The smallest absolute Gasteiger partial charge is 0.270 e. The van der Waals surface area contributed by atoms with E-state index in [1.807, 2.05) is 0 Å². The molecule has 0 bridgehead atoms. The van der Waals surface area contributed by atoms with Gasteiger partial charge in [-0.15, -0.1) is 0 Å². The maximum Gasteiger partial charge on any atom is 0.270 e. The zero-order valence-electron chi connectivity index (χ0n) is 16.2. The molecule has 13 heteroatoms. The van der Waals surface area contributed by atoms with Gasteiger partial charge in [-0.05, 0) is 36.6 Å². The lowest BCUT2D eigenvalue weighted by molar-refractivity contribution is -0.384. The summed E-state index contributed by atoms with van der Waals surface area (Å²) in [5.74, 6) is -2.29. The number of nitrogens with one attached hydrogen (secondary N) is 3. The molecule has 0 spiro atoms. The standard InChI is InChI=1S/C18H19FN4O6S2/c1-30-10-9-15(22-31(28,29)16-8-3-2-7-14(16)19)18(25)21-20-17(24)12-5-4-6-13(11-12)23(26)27/h2-8,11,15,22H,9-10H2,1H3,(H,20,24)(H,21,25). The van der Waals surface area contributed by atoms with Crippen molar-refractivity contribution >= 4 is 39.3 Å². The summed E-state index contributed by atoms with van der Waals surface area (Å²) in [5, 5.41) is 10.8. The molecule has 3 N–H and O–H groups in total. The van der Waals surface area contributed by atoms with Crippen LogP contribution in [0.3, 0.4) is 0 Å². The summed E-state index contributed by atoms with van der Waals surface area (Å²) in [6.07, 6.45) is 1.82. The van der Waals surface area contributed by atoms with E-state index in [1.165, 1.54) is 42.1 Å². The van der Waals surface area contributed by atoms with Gasteiger partial charge in [0.1, 0.15) is 16.8 Å². The van der Waals surface area contributed by atoms with E-state index in [0.29, 0.717) is 5.75 Å². The van der Waals surface area contributed by atoms with E-state index in [4.69, 9.17) is 0 Å². The summed E-state index contributed by atoms with van der Waals surface area (Å²) in [5.41, 5.74) is 3.78. The van der Waals surface area contributed by atoms with Crippen LogP contribution >= 0.6 is 11.8 Å². The highest BCUT2D eigenvalue weighted by molar-refractivity contribution is 7.98. The minimum absolute atomic E-state index is 0.0629. The Morgan fingerprint density at radius 3 is 2.52 bits per heavy atom. The third-order valence-electron chi connectivity index (χ3n) is 3.97. The van der Waals surface area contributed by atoms with Crippen LogP contribution in [0.4, 0.5) is 10.1 Å². The number of hydrazine groups is 1. The highest BCUT2D eigenvalue weighted by Crippen LogP contribution is 2.15. The Labute approximate surface area is 181 Å². The van der Waals surface area contributed by atoms with Crippen molar-refractivity contribution in [2.24, 2.45) is 0 Å².